The number of ether oxygens (including phenoxy) is 1. The van der Waals surface area contributed by atoms with Crippen LogP contribution in [0, 0.1) is 6.92 Å². The standard InChI is InChI=1S/C8H16N4O/c1-7-10-11-8(12(7)2)6-13-5-3-4-9/h3-6,9H2,1-2H3. The number of aryl methyl sites for hydroxylation is 1. The van der Waals surface area contributed by atoms with Gasteiger partial charge < -0.3 is 15.0 Å². The molecule has 0 aliphatic carbocycles. The Morgan fingerprint density at radius 2 is 2.23 bits per heavy atom. The summed E-state index contributed by atoms with van der Waals surface area (Å²) in [7, 11) is 1.93. The summed E-state index contributed by atoms with van der Waals surface area (Å²) < 4.78 is 7.27. The van der Waals surface area contributed by atoms with Gasteiger partial charge in [-0.2, -0.15) is 0 Å². The van der Waals surface area contributed by atoms with Crippen molar-refractivity contribution >= 4 is 0 Å². The van der Waals surface area contributed by atoms with Crippen molar-refractivity contribution in [1.29, 1.82) is 0 Å². The third-order valence-corrected chi connectivity index (χ3v) is 1.91. The molecule has 1 heterocycles. The van der Waals surface area contributed by atoms with Crippen LogP contribution in [0.15, 0.2) is 0 Å². The zero-order valence-electron chi connectivity index (χ0n) is 8.16. The minimum atomic E-state index is 0.511. The van der Waals surface area contributed by atoms with Crippen LogP contribution in [0.25, 0.3) is 0 Å². The number of nitrogens with zero attached hydrogens (tertiary/aromatic N) is 3. The molecule has 0 atom stereocenters. The van der Waals surface area contributed by atoms with E-state index in [0.29, 0.717) is 19.8 Å². The Kier molecular flexibility index (Phi) is 3.85. The van der Waals surface area contributed by atoms with Crippen LogP contribution in [0.5, 0.6) is 0 Å². The summed E-state index contributed by atoms with van der Waals surface area (Å²) in [6.07, 6.45) is 0.886. The minimum absolute atomic E-state index is 0.511. The van der Waals surface area contributed by atoms with Crippen molar-refractivity contribution in [2.24, 2.45) is 12.8 Å². The van der Waals surface area contributed by atoms with Crippen LogP contribution in [-0.4, -0.2) is 27.9 Å². The Morgan fingerprint density at radius 3 is 2.77 bits per heavy atom. The molecule has 0 aliphatic heterocycles. The van der Waals surface area contributed by atoms with Gasteiger partial charge in [-0.05, 0) is 19.9 Å². The molecule has 0 saturated carbocycles. The molecule has 0 spiro atoms. The third kappa shape index (κ3) is 2.78. The minimum Gasteiger partial charge on any atom is -0.373 e. The van der Waals surface area contributed by atoms with Gasteiger partial charge in [-0.15, -0.1) is 10.2 Å². The number of hydrogen-bond acceptors (Lipinski definition) is 4. The van der Waals surface area contributed by atoms with E-state index >= 15 is 0 Å². The molecule has 0 saturated heterocycles. The van der Waals surface area contributed by atoms with Crippen LogP contribution in [0.4, 0.5) is 0 Å². The second-order valence-electron chi connectivity index (χ2n) is 2.92. The summed E-state index contributed by atoms with van der Waals surface area (Å²) >= 11 is 0. The largest absolute Gasteiger partial charge is 0.373 e. The van der Waals surface area contributed by atoms with Crippen LogP contribution in [0.3, 0.4) is 0 Å². The lowest BCUT2D eigenvalue weighted by molar-refractivity contribution is 0.112. The van der Waals surface area contributed by atoms with E-state index in [1.807, 2.05) is 18.5 Å². The van der Waals surface area contributed by atoms with E-state index in [4.69, 9.17) is 10.5 Å². The molecule has 0 bridgehead atoms. The van der Waals surface area contributed by atoms with Gasteiger partial charge in [0.15, 0.2) is 5.82 Å². The van der Waals surface area contributed by atoms with Gasteiger partial charge in [-0.25, -0.2) is 0 Å². The monoisotopic (exact) mass is 184 g/mol. The molecule has 5 heteroatoms. The fraction of sp³-hybridized carbons (Fsp3) is 0.750. The first kappa shape index (κ1) is 10.1. The summed E-state index contributed by atoms with van der Waals surface area (Å²) in [5, 5.41) is 7.89. The highest BCUT2D eigenvalue weighted by molar-refractivity contribution is 4.90. The van der Waals surface area contributed by atoms with Crippen molar-refractivity contribution < 1.29 is 4.74 Å². The summed E-state index contributed by atoms with van der Waals surface area (Å²) in [4.78, 5) is 0. The average molecular weight is 184 g/mol. The van der Waals surface area contributed by atoms with Gasteiger partial charge in [0.25, 0.3) is 0 Å². The molecule has 2 N–H and O–H groups in total. The fourth-order valence-corrected chi connectivity index (χ4v) is 0.926. The molecule has 0 amide bonds. The van der Waals surface area contributed by atoms with E-state index in [0.717, 1.165) is 18.1 Å². The molecule has 1 aromatic rings. The smallest absolute Gasteiger partial charge is 0.158 e. The SMILES string of the molecule is Cc1nnc(COCCCN)n1C. The fourth-order valence-electron chi connectivity index (χ4n) is 0.926. The first-order valence-electron chi connectivity index (χ1n) is 4.38. The molecular weight excluding hydrogens is 168 g/mol. The molecule has 74 valence electrons. The molecule has 0 radical (unpaired) electrons. The third-order valence-electron chi connectivity index (χ3n) is 1.91. The first-order valence-corrected chi connectivity index (χ1v) is 4.38. The highest BCUT2D eigenvalue weighted by Crippen LogP contribution is 1.99. The van der Waals surface area contributed by atoms with E-state index in [2.05, 4.69) is 10.2 Å². The Balaban J connectivity index is 2.32. The van der Waals surface area contributed by atoms with Crippen molar-refractivity contribution in [3.05, 3.63) is 11.6 Å². The highest BCUT2D eigenvalue weighted by Gasteiger charge is 2.03. The van der Waals surface area contributed by atoms with E-state index in [9.17, 15) is 0 Å². The molecule has 0 aromatic carbocycles. The van der Waals surface area contributed by atoms with Gasteiger partial charge in [0.2, 0.25) is 0 Å². The number of rotatable bonds is 5. The summed E-state index contributed by atoms with van der Waals surface area (Å²) in [5.41, 5.74) is 5.33. The second-order valence-corrected chi connectivity index (χ2v) is 2.92. The molecule has 1 aromatic heterocycles. The van der Waals surface area contributed by atoms with E-state index in [-0.39, 0.29) is 0 Å². The average Bonchev–Trinajstić information content (AvgIpc) is 2.43. The summed E-state index contributed by atoms with van der Waals surface area (Å²) in [5.74, 6) is 1.76. The maximum Gasteiger partial charge on any atom is 0.158 e. The molecule has 1 rings (SSSR count). The van der Waals surface area contributed by atoms with Gasteiger partial charge in [-0.1, -0.05) is 0 Å². The lowest BCUT2D eigenvalue weighted by Gasteiger charge is -2.02. The molecule has 0 aliphatic rings. The van der Waals surface area contributed by atoms with Gasteiger partial charge in [0.05, 0.1) is 0 Å². The Labute approximate surface area is 77.9 Å². The lowest BCUT2D eigenvalue weighted by Crippen LogP contribution is -2.07. The predicted molar refractivity (Wildman–Crippen MR) is 49.1 cm³/mol. The Hall–Kier alpha value is -0.940. The Morgan fingerprint density at radius 1 is 1.46 bits per heavy atom. The molecule has 5 nitrogen and oxygen atoms in total. The van der Waals surface area contributed by atoms with Crippen molar-refractivity contribution in [3.63, 3.8) is 0 Å². The van der Waals surface area contributed by atoms with Crippen molar-refractivity contribution in [1.82, 2.24) is 14.8 Å². The van der Waals surface area contributed by atoms with Crippen LogP contribution in [0.1, 0.15) is 18.1 Å². The van der Waals surface area contributed by atoms with Crippen LogP contribution < -0.4 is 5.73 Å². The van der Waals surface area contributed by atoms with Gasteiger partial charge in [0, 0.05) is 13.7 Å². The molecule has 0 unspecified atom stereocenters. The topological polar surface area (TPSA) is 66.0 Å². The summed E-state index contributed by atoms with van der Waals surface area (Å²) in [6, 6.07) is 0. The summed E-state index contributed by atoms with van der Waals surface area (Å²) in [6.45, 7) is 3.77. The van der Waals surface area contributed by atoms with E-state index in [1.165, 1.54) is 0 Å². The second kappa shape index (κ2) is 4.94. The zero-order chi connectivity index (χ0) is 9.68. The van der Waals surface area contributed by atoms with Gasteiger partial charge in [0.1, 0.15) is 12.4 Å². The van der Waals surface area contributed by atoms with E-state index < -0.39 is 0 Å². The molecular formula is C8H16N4O. The highest BCUT2D eigenvalue weighted by atomic mass is 16.5. The Bertz CT molecular complexity index is 259. The first-order chi connectivity index (χ1) is 6.25. The number of hydrogen-bond donors (Lipinski definition) is 1. The van der Waals surface area contributed by atoms with Crippen molar-refractivity contribution in [2.45, 2.75) is 20.0 Å². The van der Waals surface area contributed by atoms with Crippen molar-refractivity contribution in [3.8, 4) is 0 Å². The molecule has 13 heavy (non-hydrogen) atoms. The van der Waals surface area contributed by atoms with Crippen LogP contribution in [-0.2, 0) is 18.4 Å². The number of aromatic nitrogens is 3. The van der Waals surface area contributed by atoms with Crippen molar-refractivity contribution in [2.75, 3.05) is 13.2 Å². The lowest BCUT2D eigenvalue weighted by atomic mass is 10.5. The van der Waals surface area contributed by atoms with Gasteiger partial charge >= 0.3 is 0 Å². The van der Waals surface area contributed by atoms with Crippen LogP contribution in [0.2, 0.25) is 0 Å². The maximum absolute atomic E-state index is 5.35. The van der Waals surface area contributed by atoms with E-state index in [1.54, 1.807) is 0 Å². The number of nitrogens with two attached hydrogens (primary N) is 1. The van der Waals surface area contributed by atoms with Gasteiger partial charge in [-0.3, -0.25) is 0 Å². The molecule has 0 fully saturated rings. The maximum atomic E-state index is 5.35. The quantitative estimate of drug-likeness (QED) is 0.653. The zero-order valence-corrected chi connectivity index (χ0v) is 8.16. The normalized spacial score (nSPS) is 10.7. The predicted octanol–water partition coefficient (Wildman–Crippen LogP) is -0.0111. The van der Waals surface area contributed by atoms with Crippen LogP contribution >= 0.6 is 0 Å².